The van der Waals surface area contributed by atoms with Crippen molar-refractivity contribution in [1.82, 2.24) is 0 Å². The molecule has 0 spiro atoms. The number of ether oxygens (including phenoxy) is 5. The van der Waals surface area contributed by atoms with Gasteiger partial charge in [0.25, 0.3) is 0 Å². The van der Waals surface area contributed by atoms with Gasteiger partial charge in [-0.05, 0) is 66.6 Å². The van der Waals surface area contributed by atoms with E-state index in [2.05, 4.69) is 0 Å². The summed E-state index contributed by atoms with van der Waals surface area (Å²) < 4.78 is 91.7. The van der Waals surface area contributed by atoms with Gasteiger partial charge in [-0.1, -0.05) is 12.1 Å². The SMILES string of the molecule is COc1cc(C(F)(F)Oc2ccc(C=CC(=O)OCCOC(=O)c3cc(N)cc(N)c3)cc2)ccc1OCCCC(F)(F)F. The molecule has 4 N–H and O–H groups in total. The lowest BCUT2D eigenvalue weighted by Gasteiger charge is -2.20. The molecule has 0 atom stereocenters. The number of nitrogen functional groups attached to an aromatic ring is 2. The Morgan fingerprint density at radius 3 is 2.11 bits per heavy atom. The first-order chi connectivity index (χ1) is 20.8. The highest BCUT2D eigenvalue weighted by Crippen LogP contribution is 2.37. The molecule has 0 heterocycles. The molecule has 0 unspecified atom stereocenters. The average molecular weight is 625 g/mol. The Morgan fingerprint density at radius 2 is 1.48 bits per heavy atom. The summed E-state index contributed by atoms with van der Waals surface area (Å²) in [6, 6.07) is 12.8. The number of halogens is 5. The highest BCUT2D eigenvalue weighted by atomic mass is 19.4. The highest BCUT2D eigenvalue weighted by molar-refractivity contribution is 5.91. The third kappa shape index (κ3) is 10.7. The van der Waals surface area contributed by atoms with Crippen molar-refractivity contribution in [1.29, 1.82) is 0 Å². The van der Waals surface area contributed by atoms with E-state index in [1.54, 1.807) is 0 Å². The van der Waals surface area contributed by atoms with Crippen LogP contribution < -0.4 is 25.7 Å². The number of nitrogens with two attached hydrogens (primary N) is 2. The van der Waals surface area contributed by atoms with Crippen molar-refractivity contribution < 1.29 is 55.2 Å². The van der Waals surface area contributed by atoms with Crippen molar-refractivity contribution in [2.75, 3.05) is 38.4 Å². The summed E-state index contributed by atoms with van der Waals surface area (Å²) in [5, 5.41) is 0. The van der Waals surface area contributed by atoms with Crippen LogP contribution in [0, 0.1) is 0 Å². The summed E-state index contributed by atoms with van der Waals surface area (Å²) >= 11 is 0. The van der Waals surface area contributed by atoms with Crippen LogP contribution in [0.3, 0.4) is 0 Å². The molecule has 0 saturated carbocycles. The van der Waals surface area contributed by atoms with E-state index in [-0.39, 0.29) is 49.1 Å². The van der Waals surface area contributed by atoms with Gasteiger partial charge < -0.3 is 35.2 Å². The third-order valence-corrected chi connectivity index (χ3v) is 5.67. The zero-order chi connectivity index (χ0) is 32.3. The van der Waals surface area contributed by atoms with Gasteiger partial charge in [0.1, 0.15) is 19.0 Å². The monoisotopic (exact) mass is 624 g/mol. The normalized spacial score (nSPS) is 11.7. The maximum Gasteiger partial charge on any atom is 0.426 e. The summed E-state index contributed by atoms with van der Waals surface area (Å²) in [4.78, 5) is 24.0. The molecule has 0 saturated heterocycles. The number of rotatable bonds is 14. The van der Waals surface area contributed by atoms with Crippen molar-refractivity contribution in [2.24, 2.45) is 0 Å². The molecule has 3 aromatic rings. The number of carbonyl (C=O) groups excluding carboxylic acids is 2. The minimum atomic E-state index is -4.33. The van der Waals surface area contributed by atoms with E-state index >= 15 is 0 Å². The van der Waals surface area contributed by atoms with Crippen LogP contribution in [0.4, 0.5) is 33.3 Å². The molecule has 0 aromatic heterocycles. The quantitative estimate of drug-likeness (QED) is 0.0716. The van der Waals surface area contributed by atoms with Gasteiger partial charge in [-0.3, -0.25) is 0 Å². The van der Waals surface area contributed by atoms with Crippen LogP contribution in [-0.4, -0.2) is 45.0 Å². The number of benzene rings is 3. The first-order valence-corrected chi connectivity index (χ1v) is 13.0. The predicted molar refractivity (Wildman–Crippen MR) is 150 cm³/mol. The average Bonchev–Trinajstić information content (AvgIpc) is 2.96. The summed E-state index contributed by atoms with van der Waals surface area (Å²) in [6.07, 6.45) is -6.99. The number of methoxy groups -OCH3 is 1. The standard InChI is InChI=1S/C30H29F5N2O7/c1-40-26-17-21(6-9-25(26)41-12-2-11-29(31,32)33)30(34,35)44-24-7-3-19(4-8-24)5-10-27(38)42-13-14-43-28(39)20-15-22(36)18-23(37)16-20/h3-10,15-18H,2,11-14,36-37H2,1H3. The van der Waals surface area contributed by atoms with E-state index in [0.717, 1.165) is 24.3 Å². The Bertz CT molecular complexity index is 1440. The lowest BCUT2D eigenvalue weighted by Crippen LogP contribution is -2.22. The van der Waals surface area contributed by atoms with Crippen LogP contribution in [-0.2, 0) is 20.4 Å². The minimum absolute atomic E-state index is 0.00769. The van der Waals surface area contributed by atoms with Crippen LogP contribution in [0.5, 0.6) is 17.2 Å². The first kappa shape index (κ1) is 33.5. The Labute approximate surface area is 249 Å². The fourth-order valence-electron chi connectivity index (χ4n) is 3.64. The number of esters is 2. The number of carbonyl (C=O) groups is 2. The van der Waals surface area contributed by atoms with Crippen molar-refractivity contribution >= 4 is 29.4 Å². The van der Waals surface area contributed by atoms with E-state index in [9.17, 15) is 31.5 Å². The number of hydrogen-bond donors (Lipinski definition) is 2. The molecule has 0 aliphatic rings. The van der Waals surface area contributed by atoms with Crippen molar-refractivity contribution in [2.45, 2.75) is 25.1 Å². The largest absolute Gasteiger partial charge is 0.493 e. The topological polar surface area (TPSA) is 132 Å². The molecular formula is C30H29F5N2O7. The van der Waals surface area contributed by atoms with Crippen molar-refractivity contribution in [3.8, 4) is 17.2 Å². The molecule has 0 aliphatic heterocycles. The molecule has 0 amide bonds. The van der Waals surface area contributed by atoms with Gasteiger partial charge in [-0.15, -0.1) is 0 Å². The predicted octanol–water partition coefficient (Wildman–Crippen LogP) is 6.12. The zero-order valence-electron chi connectivity index (χ0n) is 23.4. The smallest absolute Gasteiger partial charge is 0.426 e. The molecule has 3 aromatic carbocycles. The van der Waals surface area contributed by atoms with Crippen LogP contribution in [0.15, 0.2) is 66.7 Å². The molecule has 0 fully saturated rings. The summed E-state index contributed by atoms with van der Waals surface area (Å²) in [5.41, 5.74) is 11.9. The molecule has 0 radical (unpaired) electrons. The van der Waals surface area contributed by atoms with Gasteiger partial charge in [-0.2, -0.15) is 22.0 Å². The van der Waals surface area contributed by atoms with Crippen molar-refractivity contribution in [3.05, 3.63) is 83.4 Å². The maximum absolute atomic E-state index is 14.9. The van der Waals surface area contributed by atoms with Gasteiger partial charge in [0, 0.05) is 23.9 Å². The summed E-state index contributed by atoms with van der Waals surface area (Å²) in [7, 11) is 1.21. The zero-order valence-corrected chi connectivity index (χ0v) is 23.4. The second-order valence-corrected chi connectivity index (χ2v) is 9.15. The fraction of sp³-hybridized carbons (Fsp3) is 0.267. The van der Waals surface area contributed by atoms with Crippen LogP contribution >= 0.6 is 0 Å². The van der Waals surface area contributed by atoms with E-state index in [1.807, 2.05) is 0 Å². The van der Waals surface area contributed by atoms with Gasteiger partial charge in [-0.25, -0.2) is 9.59 Å². The minimum Gasteiger partial charge on any atom is -0.493 e. The molecular weight excluding hydrogens is 595 g/mol. The molecule has 14 heteroatoms. The van der Waals surface area contributed by atoms with E-state index in [1.165, 1.54) is 55.7 Å². The summed E-state index contributed by atoms with van der Waals surface area (Å²) in [6.45, 7) is -0.710. The van der Waals surface area contributed by atoms with Gasteiger partial charge in [0.2, 0.25) is 0 Å². The Balaban J connectivity index is 1.48. The highest BCUT2D eigenvalue weighted by Gasteiger charge is 2.35. The molecule has 0 aliphatic carbocycles. The maximum atomic E-state index is 14.9. The van der Waals surface area contributed by atoms with Crippen molar-refractivity contribution in [3.63, 3.8) is 0 Å². The van der Waals surface area contributed by atoms with Crippen LogP contribution in [0.25, 0.3) is 6.08 Å². The second kappa shape index (κ2) is 14.9. The number of hydrogen-bond acceptors (Lipinski definition) is 9. The third-order valence-electron chi connectivity index (χ3n) is 5.67. The van der Waals surface area contributed by atoms with Gasteiger partial charge in [0.15, 0.2) is 11.5 Å². The van der Waals surface area contributed by atoms with Gasteiger partial charge >= 0.3 is 24.2 Å². The van der Waals surface area contributed by atoms with E-state index < -0.39 is 36.2 Å². The lowest BCUT2D eigenvalue weighted by atomic mass is 10.1. The Morgan fingerprint density at radius 1 is 0.818 bits per heavy atom. The number of alkyl halides is 5. The molecule has 9 nitrogen and oxygen atoms in total. The van der Waals surface area contributed by atoms with E-state index in [4.69, 9.17) is 35.2 Å². The van der Waals surface area contributed by atoms with Crippen LogP contribution in [0.1, 0.15) is 34.3 Å². The second-order valence-electron chi connectivity index (χ2n) is 9.15. The lowest BCUT2D eigenvalue weighted by molar-refractivity contribution is -0.185. The fourth-order valence-corrected chi connectivity index (χ4v) is 3.64. The molecule has 236 valence electrons. The van der Waals surface area contributed by atoms with E-state index in [0.29, 0.717) is 16.9 Å². The molecule has 3 rings (SSSR count). The Hall–Kier alpha value is -5.01. The van der Waals surface area contributed by atoms with Crippen LogP contribution in [0.2, 0.25) is 0 Å². The molecule has 44 heavy (non-hydrogen) atoms. The number of anilines is 2. The Kier molecular flexibility index (Phi) is 11.4. The van der Waals surface area contributed by atoms with Gasteiger partial charge in [0.05, 0.1) is 24.8 Å². The first-order valence-electron chi connectivity index (χ1n) is 13.0. The summed E-state index contributed by atoms with van der Waals surface area (Å²) in [5.74, 6) is -1.71. The molecule has 0 bridgehead atoms.